The first kappa shape index (κ1) is 31.1. The summed E-state index contributed by atoms with van der Waals surface area (Å²) < 4.78 is 93.6. The predicted molar refractivity (Wildman–Crippen MR) is 151 cm³/mol. The Morgan fingerprint density at radius 1 is 0.927 bits per heavy atom. The Bertz CT molecular complexity index is 1650. The van der Waals surface area contributed by atoms with Crippen molar-refractivity contribution in [3.05, 3.63) is 87.9 Å². The number of halogens is 5. The van der Waals surface area contributed by atoms with Gasteiger partial charge in [0.05, 0.1) is 32.2 Å². The second kappa shape index (κ2) is 12.2. The molecule has 0 aliphatic carbocycles. The number of sulfonamides is 2. The number of carbonyl (C=O) groups is 1. The van der Waals surface area contributed by atoms with Crippen LogP contribution < -0.4 is 10.0 Å². The van der Waals surface area contributed by atoms with Crippen LogP contribution in [0.25, 0.3) is 0 Å². The number of alkyl halides is 3. The molecule has 220 valence electrons. The lowest BCUT2D eigenvalue weighted by atomic mass is 9.99. The van der Waals surface area contributed by atoms with Crippen LogP contribution in [0.3, 0.4) is 0 Å². The second-order valence-electron chi connectivity index (χ2n) is 9.40. The molecule has 1 aliphatic heterocycles. The second-order valence-corrected chi connectivity index (χ2v) is 13.9. The van der Waals surface area contributed by atoms with Crippen LogP contribution in [-0.4, -0.2) is 40.1 Å². The maximum atomic E-state index is 13.0. The third-order valence-corrected chi connectivity index (χ3v) is 10.3. The zero-order valence-electron chi connectivity index (χ0n) is 21.2. The molecule has 4 rings (SSSR count). The fraction of sp³-hybridized carbons (Fsp3) is 0.269. The molecular formula is C26H24Cl2F3N3O5S2. The van der Waals surface area contributed by atoms with Crippen LogP contribution in [0.2, 0.25) is 10.0 Å². The smallest absolute Gasteiger partial charge is 0.326 e. The lowest BCUT2D eigenvalue weighted by molar-refractivity contribution is -0.137. The molecule has 1 fully saturated rings. The van der Waals surface area contributed by atoms with Gasteiger partial charge in [0.2, 0.25) is 15.9 Å². The minimum Gasteiger partial charge on any atom is -0.326 e. The van der Waals surface area contributed by atoms with Gasteiger partial charge in [-0.2, -0.15) is 13.2 Å². The van der Waals surface area contributed by atoms with E-state index in [0.717, 1.165) is 12.1 Å². The molecule has 0 radical (unpaired) electrons. The number of benzene rings is 3. The fourth-order valence-electron chi connectivity index (χ4n) is 4.28. The highest BCUT2D eigenvalue weighted by molar-refractivity contribution is 7.92. The molecule has 8 nitrogen and oxygen atoms in total. The molecule has 3 aromatic carbocycles. The van der Waals surface area contributed by atoms with Crippen LogP contribution in [0.1, 0.15) is 24.0 Å². The van der Waals surface area contributed by atoms with Crippen LogP contribution in [0.4, 0.5) is 24.5 Å². The van der Waals surface area contributed by atoms with Crippen LogP contribution >= 0.6 is 23.2 Å². The monoisotopic (exact) mass is 649 g/mol. The van der Waals surface area contributed by atoms with Crippen molar-refractivity contribution in [3.63, 3.8) is 0 Å². The summed E-state index contributed by atoms with van der Waals surface area (Å²) in [5.74, 6) is -1.38. The molecule has 3 aromatic rings. The lowest BCUT2D eigenvalue weighted by Gasteiger charge is -2.31. The van der Waals surface area contributed by atoms with Crippen LogP contribution in [-0.2, 0) is 36.8 Å². The summed E-state index contributed by atoms with van der Waals surface area (Å²) in [6.45, 7) is 0.238. The SMILES string of the molecule is O=C(Nc1ccc(S(=O)(=O)Nc2cccc(C(F)(F)F)c2)cc1)C1CCCN(S(=O)(=O)Cc2ccc(Cl)c(Cl)c2)C1. The number of hydrogen-bond donors (Lipinski definition) is 2. The summed E-state index contributed by atoms with van der Waals surface area (Å²) in [5, 5.41) is 3.21. The Hall–Kier alpha value is -2.84. The first-order chi connectivity index (χ1) is 19.1. The Morgan fingerprint density at radius 2 is 1.63 bits per heavy atom. The largest absolute Gasteiger partial charge is 0.416 e. The molecule has 41 heavy (non-hydrogen) atoms. The van der Waals surface area contributed by atoms with Crippen molar-refractivity contribution in [2.24, 2.45) is 5.92 Å². The molecule has 1 amide bonds. The minimum atomic E-state index is -4.63. The summed E-state index contributed by atoms with van der Waals surface area (Å²) >= 11 is 11.9. The van der Waals surface area contributed by atoms with Gasteiger partial charge in [0.25, 0.3) is 10.0 Å². The van der Waals surface area contributed by atoms with Gasteiger partial charge in [-0.1, -0.05) is 35.3 Å². The van der Waals surface area contributed by atoms with Crippen LogP contribution in [0, 0.1) is 5.92 Å². The van der Waals surface area contributed by atoms with Crippen molar-refractivity contribution in [3.8, 4) is 0 Å². The highest BCUT2D eigenvalue weighted by Crippen LogP contribution is 2.31. The van der Waals surface area contributed by atoms with E-state index in [2.05, 4.69) is 10.0 Å². The Morgan fingerprint density at radius 3 is 2.29 bits per heavy atom. The van der Waals surface area contributed by atoms with Gasteiger partial charge in [0.15, 0.2) is 0 Å². The molecule has 2 N–H and O–H groups in total. The van der Waals surface area contributed by atoms with Crippen LogP contribution in [0.15, 0.2) is 71.6 Å². The Kier molecular flexibility index (Phi) is 9.24. The number of carbonyl (C=O) groups excluding carboxylic acids is 1. The number of nitrogens with one attached hydrogen (secondary N) is 2. The quantitative estimate of drug-likeness (QED) is 0.311. The maximum Gasteiger partial charge on any atom is 0.416 e. The summed E-state index contributed by atoms with van der Waals surface area (Å²) in [6.07, 6.45) is -3.71. The van der Waals surface area contributed by atoms with E-state index in [4.69, 9.17) is 23.2 Å². The van der Waals surface area contributed by atoms with Gasteiger partial charge in [0, 0.05) is 24.5 Å². The highest BCUT2D eigenvalue weighted by Gasteiger charge is 2.33. The van der Waals surface area contributed by atoms with Crippen molar-refractivity contribution < 1.29 is 34.8 Å². The molecule has 15 heteroatoms. The minimum absolute atomic E-state index is 0.0249. The Labute approximate surface area is 245 Å². The molecule has 0 saturated carbocycles. The zero-order valence-corrected chi connectivity index (χ0v) is 24.3. The van der Waals surface area contributed by atoms with E-state index in [1.807, 2.05) is 0 Å². The van der Waals surface area contributed by atoms with Crippen molar-refractivity contribution in [2.75, 3.05) is 23.1 Å². The number of hydrogen-bond acceptors (Lipinski definition) is 5. The average molecular weight is 651 g/mol. The number of nitrogens with zero attached hydrogens (tertiary/aromatic N) is 1. The third kappa shape index (κ3) is 7.92. The predicted octanol–water partition coefficient (Wildman–Crippen LogP) is 5.99. The van der Waals surface area contributed by atoms with Gasteiger partial charge in [-0.3, -0.25) is 9.52 Å². The number of piperidine rings is 1. The molecule has 1 unspecified atom stereocenters. The van der Waals surface area contributed by atoms with Gasteiger partial charge in [-0.05, 0) is 73.0 Å². The standard InChI is InChI=1S/C26H24Cl2F3N3O5S2/c27-23-11-6-17(13-24(23)28)16-40(36,37)34-12-2-3-18(15-34)25(35)32-20-7-9-22(10-8-20)41(38,39)33-21-5-1-4-19(14-21)26(29,30)31/h1,4-11,13-14,18,33H,2-3,12,15-16H2,(H,32,35). The summed E-state index contributed by atoms with van der Waals surface area (Å²) in [4.78, 5) is 12.7. The fourth-order valence-corrected chi connectivity index (χ4v) is 7.24. The van der Waals surface area contributed by atoms with Gasteiger partial charge in [0.1, 0.15) is 0 Å². The zero-order chi connectivity index (χ0) is 30.0. The average Bonchev–Trinajstić information content (AvgIpc) is 2.90. The van der Waals surface area contributed by atoms with E-state index < -0.39 is 43.6 Å². The third-order valence-electron chi connectivity index (χ3n) is 6.36. The van der Waals surface area contributed by atoms with Gasteiger partial charge < -0.3 is 5.32 Å². The highest BCUT2D eigenvalue weighted by atomic mass is 35.5. The van der Waals surface area contributed by atoms with E-state index in [9.17, 15) is 34.8 Å². The van der Waals surface area contributed by atoms with Gasteiger partial charge in [-0.25, -0.2) is 21.1 Å². The first-order valence-electron chi connectivity index (χ1n) is 12.2. The van der Waals surface area contributed by atoms with Gasteiger partial charge >= 0.3 is 6.18 Å². The molecule has 0 aromatic heterocycles. The Balaban J connectivity index is 1.38. The topological polar surface area (TPSA) is 113 Å². The summed E-state index contributed by atoms with van der Waals surface area (Å²) in [7, 11) is -7.96. The van der Waals surface area contributed by atoms with Crippen molar-refractivity contribution in [1.29, 1.82) is 0 Å². The molecule has 1 heterocycles. The van der Waals surface area contributed by atoms with Crippen molar-refractivity contribution in [1.82, 2.24) is 4.31 Å². The van der Waals surface area contributed by atoms with E-state index in [0.29, 0.717) is 29.5 Å². The maximum absolute atomic E-state index is 13.0. The molecule has 1 atom stereocenters. The number of amides is 1. The normalized spacial score (nSPS) is 16.8. The molecule has 0 spiro atoms. The van der Waals surface area contributed by atoms with Crippen LogP contribution in [0.5, 0.6) is 0 Å². The van der Waals surface area contributed by atoms with E-state index in [1.54, 1.807) is 6.07 Å². The number of rotatable bonds is 8. The number of anilines is 2. The van der Waals surface area contributed by atoms with E-state index >= 15 is 0 Å². The molecule has 0 bridgehead atoms. The van der Waals surface area contributed by atoms with E-state index in [1.165, 1.54) is 46.8 Å². The van der Waals surface area contributed by atoms with Gasteiger partial charge in [-0.15, -0.1) is 0 Å². The summed E-state index contributed by atoms with van der Waals surface area (Å²) in [5.41, 5.74) is -0.528. The van der Waals surface area contributed by atoms with E-state index in [-0.39, 0.29) is 40.1 Å². The van der Waals surface area contributed by atoms with Crippen molar-refractivity contribution >= 4 is 60.5 Å². The van der Waals surface area contributed by atoms with Crippen molar-refractivity contribution in [2.45, 2.75) is 29.7 Å². The summed E-state index contributed by atoms with van der Waals surface area (Å²) in [6, 6.07) is 13.4. The molecule has 1 aliphatic rings. The molecular weight excluding hydrogens is 626 g/mol. The first-order valence-corrected chi connectivity index (χ1v) is 16.0. The molecule has 1 saturated heterocycles. The lowest BCUT2D eigenvalue weighted by Crippen LogP contribution is -2.44.